The van der Waals surface area contributed by atoms with Crippen molar-refractivity contribution in [2.75, 3.05) is 13.2 Å². The Morgan fingerprint density at radius 1 is 0.473 bits per heavy atom. The predicted octanol–water partition coefficient (Wildman–Crippen LogP) is 6.42. The molecule has 14 heteroatoms. The number of hydrogen-bond donors (Lipinski definition) is 6. The monoisotopic (exact) mass is 750 g/mol. The average Bonchev–Trinajstić information content (AvgIpc) is 3.22. The number of amides is 4. The summed E-state index contributed by atoms with van der Waals surface area (Å²) in [6.07, 6.45) is 13.1. The van der Waals surface area contributed by atoms with Gasteiger partial charge in [0.05, 0.1) is 25.6 Å². The lowest BCUT2D eigenvalue weighted by Gasteiger charge is -2.08. The molecular formula is C41H46N6O8. The smallest absolute Gasteiger partial charge is 0.274 e. The Hall–Kier alpha value is -6.38. The topological polar surface area (TPSA) is 200 Å². The third-order valence-electron chi connectivity index (χ3n) is 8.32. The molecule has 0 bridgehead atoms. The molecule has 0 saturated heterocycles. The van der Waals surface area contributed by atoms with Crippen LogP contribution in [0.15, 0.2) is 107 Å². The van der Waals surface area contributed by atoms with Gasteiger partial charge in [0.15, 0.2) is 0 Å². The summed E-state index contributed by atoms with van der Waals surface area (Å²) in [4.78, 5) is 47.4. The highest BCUT2D eigenvalue weighted by molar-refractivity contribution is 5.98. The number of nitrogens with zero attached hydrogens (tertiary/aromatic N) is 2. The van der Waals surface area contributed by atoms with E-state index >= 15 is 0 Å². The molecule has 4 amide bonds. The molecule has 0 aliphatic carbocycles. The van der Waals surface area contributed by atoms with Gasteiger partial charge in [-0.15, -0.1) is 0 Å². The first-order valence-electron chi connectivity index (χ1n) is 18.1. The molecule has 288 valence electrons. The number of hydrazone groups is 2. The SMILES string of the molecule is O=C(NO)c1ccc(C(=O)N/N=C/c2cccc(OCCCCCCCCCCCOc3cccc(/C=N/NC(=O)c4ccc(C(=O)NO)cc4)c3)c2)cc1. The molecule has 0 atom stereocenters. The molecule has 4 rings (SSSR count). The molecule has 55 heavy (non-hydrogen) atoms. The normalized spacial score (nSPS) is 10.9. The summed E-state index contributed by atoms with van der Waals surface area (Å²) in [5, 5.41) is 25.4. The first-order valence-corrected chi connectivity index (χ1v) is 18.1. The quantitative estimate of drug-likeness (QED) is 0.0229. The van der Waals surface area contributed by atoms with Crippen molar-refractivity contribution in [2.24, 2.45) is 10.2 Å². The van der Waals surface area contributed by atoms with Crippen LogP contribution in [-0.4, -0.2) is 59.7 Å². The van der Waals surface area contributed by atoms with E-state index in [9.17, 15) is 19.2 Å². The van der Waals surface area contributed by atoms with Crippen LogP contribution < -0.4 is 31.3 Å². The second kappa shape index (κ2) is 23.3. The van der Waals surface area contributed by atoms with E-state index in [0.29, 0.717) is 24.3 Å². The van der Waals surface area contributed by atoms with Crippen molar-refractivity contribution in [3.05, 3.63) is 130 Å². The maximum Gasteiger partial charge on any atom is 0.274 e. The van der Waals surface area contributed by atoms with E-state index in [1.165, 1.54) is 80.2 Å². The van der Waals surface area contributed by atoms with Crippen molar-refractivity contribution >= 4 is 36.1 Å². The number of carbonyl (C=O) groups excluding carboxylic acids is 4. The van der Waals surface area contributed by atoms with E-state index in [-0.39, 0.29) is 11.1 Å². The molecule has 0 aromatic heterocycles. The van der Waals surface area contributed by atoms with Crippen LogP contribution in [0.5, 0.6) is 11.5 Å². The minimum absolute atomic E-state index is 0.226. The van der Waals surface area contributed by atoms with Gasteiger partial charge in [-0.3, -0.25) is 29.6 Å². The highest BCUT2D eigenvalue weighted by Gasteiger charge is 2.09. The highest BCUT2D eigenvalue weighted by atomic mass is 16.5. The Kier molecular flexibility index (Phi) is 17.5. The van der Waals surface area contributed by atoms with Gasteiger partial charge < -0.3 is 9.47 Å². The number of nitrogens with one attached hydrogen (secondary N) is 4. The molecule has 4 aromatic rings. The van der Waals surface area contributed by atoms with E-state index in [1.54, 1.807) is 11.0 Å². The Morgan fingerprint density at radius 3 is 1.15 bits per heavy atom. The Morgan fingerprint density at radius 2 is 0.800 bits per heavy atom. The largest absolute Gasteiger partial charge is 0.494 e. The molecule has 6 N–H and O–H groups in total. The van der Waals surface area contributed by atoms with Crippen LogP contribution in [0.25, 0.3) is 0 Å². The van der Waals surface area contributed by atoms with Crippen molar-refractivity contribution in [3.8, 4) is 11.5 Å². The van der Waals surface area contributed by atoms with E-state index in [1.807, 2.05) is 48.5 Å². The number of unbranched alkanes of at least 4 members (excludes halogenated alkanes) is 8. The second-order valence-electron chi connectivity index (χ2n) is 12.5. The summed E-state index contributed by atoms with van der Waals surface area (Å²) in [7, 11) is 0. The molecule has 0 heterocycles. The molecule has 0 unspecified atom stereocenters. The molecule has 0 radical (unpaired) electrons. The fourth-order valence-corrected chi connectivity index (χ4v) is 5.33. The Bertz CT molecular complexity index is 1760. The molecular weight excluding hydrogens is 704 g/mol. The number of hydrogen-bond acceptors (Lipinski definition) is 10. The number of benzene rings is 4. The second-order valence-corrected chi connectivity index (χ2v) is 12.5. The van der Waals surface area contributed by atoms with Gasteiger partial charge in [0, 0.05) is 22.3 Å². The molecule has 0 saturated carbocycles. The summed E-state index contributed by atoms with van der Waals surface area (Å²) >= 11 is 0. The standard InChI is InChI=1S/C41H46N6O8/c48-38(32-16-20-34(21-17-32)40(50)46-52)44-42-28-30-12-10-14-36(26-30)54-24-8-6-4-2-1-3-5-7-9-25-55-37-15-11-13-31(27-37)29-43-45-39(49)33-18-22-35(23-19-33)41(51)47-53/h10-23,26-29,52-53H,1-9,24-25H2,(H,44,48)(H,45,49)(H,46,50)(H,47,51)/b42-28+,43-29+. The minimum Gasteiger partial charge on any atom is -0.494 e. The number of ether oxygens (including phenoxy) is 2. The van der Waals surface area contributed by atoms with Crippen LogP contribution >= 0.6 is 0 Å². The number of hydroxylamine groups is 2. The predicted molar refractivity (Wildman–Crippen MR) is 207 cm³/mol. The summed E-state index contributed by atoms with van der Waals surface area (Å²) in [6, 6.07) is 26.5. The van der Waals surface area contributed by atoms with Crippen LogP contribution in [0, 0.1) is 0 Å². The number of carbonyl (C=O) groups is 4. The van der Waals surface area contributed by atoms with Crippen LogP contribution in [-0.2, 0) is 0 Å². The minimum atomic E-state index is -0.659. The van der Waals surface area contributed by atoms with Crippen molar-refractivity contribution in [1.29, 1.82) is 0 Å². The fourth-order valence-electron chi connectivity index (χ4n) is 5.33. The van der Waals surface area contributed by atoms with Crippen LogP contribution in [0.2, 0.25) is 0 Å². The summed E-state index contributed by atoms with van der Waals surface area (Å²) in [6.45, 7) is 1.25. The van der Waals surface area contributed by atoms with Crippen molar-refractivity contribution in [1.82, 2.24) is 21.8 Å². The highest BCUT2D eigenvalue weighted by Crippen LogP contribution is 2.16. The molecule has 14 nitrogen and oxygen atoms in total. The van der Waals surface area contributed by atoms with Gasteiger partial charge in [-0.05, 0) is 96.8 Å². The molecule has 0 aliphatic rings. The Balaban J connectivity index is 0.993. The maximum atomic E-state index is 12.3. The van der Waals surface area contributed by atoms with E-state index in [4.69, 9.17) is 19.9 Å². The average molecular weight is 751 g/mol. The molecule has 4 aromatic carbocycles. The van der Waals surface area contributed by atoms with Crippen LogP contribution in [0.3, 0.4) is 0 Å². The van der Waals surface area contributed by atoms with Crippen molar-refractivity contribution < 1.29 is 39.1 Å². The van der Waals surface area contributed by atoms with Gasteiger partial charge in [0.2, 0.25) is 0 Å². The lowest BCUT2D eigenvalue weighted by atomic mass is 10.1. The Labute approximate surface area is 319 Å². The van der Waals surface area contributed by atoms with Gasteiger partial charge >= 0.3 is 0 Å². The number of rotatable bonds is 22. The lowest BCUT2D eigenvalue weighted by Crippen LogP contribution is -2.20. The van der Waals surface area contributed by atoms with Gasteiger partial charge in [-0.1, -0.05) is 69.2 Å². The zero-order valence-corrected chi connectivity index (χ0v) is 30.4. The van der Waals surface area contributed by atoms with Gasteiger partial charge in [0.25, 0.3) is 23.6 Å². The first kappa shape index (κ1) is 41.4. The fraction of sp³-hybridized carbons (Fsp3) is 0.268. The maximum absolute atomic E-state index is 12.3. The van der Waals surface area contributed by atoms with Gasteiger partial charge in [-0.25, -0.2) is 21.8 Å². The third-order valence-corrected chi connectivity index (χ3v) is 8.32. The van der Waals surface area contributed by atoms with E-state index in [0.717, 1.165) is 61.2 Å². The van der Waals surface area contributed by atoms with Crippen molar-refractivity contribution in [3.63, 3.8) is 0 Å². The van der Waals surface area contributed by atoms with Crippen LogP contribution in [0.4, 0.5) is 0 Å². The summed E-state index contributed by atoms with van der Waals surface area (Å²) < 4.78 is 11.8. The molecule has 0 fully saturated rings. The van der Waals surface area contributed by atoms with Gasteiger partial charge in [-0.2, -0.15) is 10.2 Å². The zero-order chi connectivity index (χ0) is 39.1. The van der Waals surface area contributed by atoms with E-state index < -0.39 is 23.6 Å². The zero-order valence-electron chi connectivity index (χ0n) is 30.4. The molecule has 0 aliphatic heterocycles. The van der Waals surface area contributed by atoms with Crippen LogP contribution in [0.1, 0.15) is 110 Å². The van der Waals surface area contributed by atoms with Crippen molar-refractivity contribution in [2.45, 2.75) is 57.8 Å². The third kappa shape index (κ3) is 14.9. The first-order chi connectivity index (χ1) is 26.9. The van der Waals surface area contributed by atoms with E-state index in [2.05, 4.69) is 21.1 Å². The summed E-state index contributed by atoms with van der Waals surface area (Å²) in [5.74, 6) is -0.708. The molecule has 0 spiro atoms. The summed E-state index contributed by atoms with van der Waals surface area (Å²) in [5.41, 5.74) is 10.7. The van der Waals surface area contributed by atoms with Gasteiger partial charge in [0.1, 0.15) is 11.5 Å². The lowest BCUT2D eigenvalue weighted by molar-refractivity contribution is 0.0702.